The molecule has 0 aromatic heterocycles. The fourth-order valence-electron chi connectivity index (χ4n) is 4.00. The lowest BCUT2D eigenvalue weighted by Gasteiger charge is -2.33. The smallest absolute Gasteiger partial charge is 0.244 e. The maximum atomic E-state index is 13.9. The monoisotopic (exact) mass is 585 g/mol. The Morgan fingerprint density at radius 1 is 0.946 bits per heavy atom. The van der Waals surface area contributed by atoms with E-state index in [1.807, 2.05) is 68.4 Å². The van der Waals surface area contributed by atoms with Gasteiger partial charge in [0.1, 0.15) is 12.6 Å². The van der Waals surface area contributed by atoms with Crippen molar-refractivity contribution in [2.75, 3.05) is 23.7 Å². The molecule has 2 amide bonds. The van der Waals surface area contributed by atoms with Crippen LogP contribution in [0.15, 0.2) is 83.3 Å². The minimum Gasteiger partial charge on any atom is -0.355 e. The number of hydrogen-bond acceptors (Lipinski definition) is 4. The summed E-state index contributed by atoms with van der Waals surface area (Å²) in [6.45, 7) is 3.83. The lowest BCUT2D eigenvalue weighted by Crippen LogP contribution is -2.53. The van der Waals surface area contributed by atoms with Gasteiger partial charge in [0.2, 0.25) is 21.8 Å². The van der Waals surface area contributed by atoms with E-state index in [0.717, 1.165) is 31.7 Å². The van der Waals surface area contributed by atoms with E-state index in [1.54, 1.807) is 24.3 Å². The summed E-state index contributed by atoms with van der Waals surface area (Å²) in [4.78, 5) is 28.7. The Labute approximate surface area is 227 Å². The molecule has 0 spiro atoms. The number of anilines is 1. The van der Waals surface area contributed by atoms with Crippen molar-refractivity contribution in [3.8, 4) is 0 Å². The molecule has 7 nitrogen and oxygen atoms in total. The van der Waals surface area contributed by atoms with Gasteiger partial charge < -0.3 is 10.2 Å². The lowest BCUT2D eigenvalue weighted by atomic mass is 10.0. The first-order valence-corrected chi connectivity index (χ1v) is 14.6. The molecule has 0 heterocycles. The Morgan fingerprint density at radius 3 is 2.19 bits per heavy atom. The van der Waals surface area contributed by atoms with Crippen LogP contribution < -0.4 is 9.62 Å². The fourth-order valence-corrected chi connectivity index (χ4v) is 5.30. The maximum Gasteiger partial charge on any atom is 0.244 e. The zero-order chi connectivity index (χ0) is 27.0. The van der Waals surface area contributed by atoms with Gasteiger partial charge in [0.15, 0.2) is 0 Å². The van der Waals surface area contributed by atoms with Gasteiger partial charge >= 0.3 is 0 Å². The Balaban J connectivity index is 2.03. The number of carbonyl (C=O) groups is 2. The Hall–Kier alpha value is -3.17. The standard InChI is InChI=1S/C28H32BrN3O4S/c1-4-30-28(34)26(18-22-9-6-5-7-10-22)31(19-23-11-8-12-24(29)17-23)27(33)20-32(37(3,35)36)25-15-13-21(2)14-16-25/h5-17,26H,4,18-20H2,1-3H3,(H,30,34)/t26-/m1/s1. The van der Waals surface area contributed by atoms with E-state index in [-0.39, 0.29) is 18.9 Å². The molecule has 0 saturated heterocycles. The van der Waals surface area contributed by atoms with Gasteiger partial charge in [0.05, 0.1) is 11.9 Å². The van der Waals surface area contributed by atoms with Gasteiger partial charge in [0, 0.05) is 24.0 Å². The van der Waals surface area contributed by atoms with E-state index in [0.29, 0.717) is 12.2 Å². The highest BCUT2D eigenvalue weighted by atomic mass is 79.9. The van der Waals surface area contributed by atoms with Crippen molar-refractivity contribution in [2.45, 2.75) is 32.9 Å². The SMILES string of the molecule is CCNC(=O)[C@@H](Cc1ccccc1)N(Cc1cccc(Br)c1)C(=O)CN(c1ccc(C)cc1)S(C)(=O)=O. The number of rotatable bonds is 11. The fraction of sp³-hybridized carbons (Fsp3) is 0.286. The van der Waals surface area contributed by atoms with Gasteiger partial charge in [-0.3, -0.25) is 13.9 Å². The number of sulfonamides is 1. The number of halogens is 1. The number of nitrogens with one attached hydrogen (secondary N) is 1. The van der Waals surface area contributed by atoms with Crippen LogP contribution in [0.1, 0.15) is 23.6 Å². The van der Waals surface area contributed by atoms with E-state index >= 15 is 0 Å². The zero-order valence-electron chi connectivity index (χ0n) is 21.2. The van der Waals surface area contributed by atoms with Crippen LogP contribution in [-0.4, -0.2) is 50.5 Å². The molecule has 196 valence electrons. The molecule has 3 rings (SSSR count). The quantitative estimate of drug-likeness (QED) is 0.363. The second-order valence-electron chi connectivity index (χ2n) is 8.86. The summed E-state index contributed by atoms with van der Waals surface area (Å²) in [5, 5.41) is 2.85. The molecule has 0 aliphatic heterocycles. The molecule has 1 atom stereocenters. The van der Waals surface area contributed by atoms with Crippen LogP contribution in [0.5, 0.6) is 0 Å². The van der Waals surface area contributed by atoms with Gasteiger partial charge in [-0.1, -0.05) is 76.1 Å². The molecule has 0 unspecified atom stereocenters. The highest BCUT2D eigenvalue weighted by molar-refractivity contribution is 9.10. The van der Waals surface area contributed by atoms with Crippen LogP contribution in [0.25, 0.3) is 0 Å². The third-order valence-electron chi connectivity index (χ3n) is 5.87. The second kappa shape index (κ2) is 12.9. The molecular weight excluding hydrogens is 554 g/mol. The van der Waals surface area contributed by atoms with Crippen LogP contribution in [0.4, 0.5) is 5.69 Å². The first kappa shape index (κ1) is 28.4. The van der Waals surface area contributed by atoms with E-state index in [1.165, 1.54) is 4.90 Å². The number of likely N-dealkylation sites (N-methyl/N-ethyl adjacent to an activating group) is 1. The third kappa shape index (κ3) is 8.16. The van der Waals surface area contributed by atoms with Crippen LogP contribution in [0, 0.1) is 6.92 Å². The normalized spacial score (nSPS) is 12.0. The van der Waals surface area contributed by atoms with E-state index in [4.69, 9.17) is 0 Å². The minimum atomic E-state index is -3.78. The van der Waals surface area contributed by atoms with E-state index in [9.17, 15) is 18.0 Å². The summed E-state index contributed by atoms with van der Waals surface area (Å²) in [7, 11) is -3.78. The van der Waals surface area contributed by atoms with Gasteiger partial charge in [-0.15, -0.1) is 0 Å². The molecule has 3 aromatic carbocycles. The minimum absolute atomic E-state index is 0.137. The maximum absolute atomic E-state index is 13.9. The average molecular weight is 587 g/mol. The van der Waals surface area contributed by atoms with Crippen LogP contribution in [0.2, 0.25) is 0 Å². The van der Waals surface area contributed by atoms with Gasteiger partial charge in [0.25, 0.3) is 0 Å². The van der Waals surface area contributed by atoms with Crippen LogP contribution in [-0.2, 0) is 32.6 Å². The summed E-state index contributed by atoms with van der Waals surface area (Å²) in [5.41, 5.74) is 3.07. The van der Waals surface area contributed by atoms with Crippen molar-refractivity contribution in [3.05, 3.63) is 100 Å². The molecule has 0 fully saturated rings. The molecule has 0 aliphatic carbocycles. The number of benzene rings is 3. The van der Waals surface area contributed by atoms with Crippen LogP contribution in [0.3, 0.4) is 0 Å². The highest BCUT2D eigenvalue weighted by Gasteiger charge is 2.32. The predicted molar refractivity (Wildman–Crippen MR) is 151 cm³/mol. The van der Waals surface area contributed by atoms with Gasteiger partial charge in [-0.25, -0.2) is 8.42 Å². The molecule has 0 aliphatic rings. The van der Waals surface area contributed by atoms with Crippen molar-refractivity contribution in [3.63, 3.8) is 0 Å². The van der Waals surface area contributed by atoms with E-state index in [2.05, 4.69) is 21.2 Å². The Kier molecular flexibility index (Phi) is 9.88. The molecule has 9 heteroatoms. The molecule has 37 heavy (non-hydrogen) atoms. The molecule has 0 radical (unpaired) electrons. The van der Waals surface area contributed by atoms with Crippen molar-refractivity contribution in [1.29, 1.82) is 0 Å². The highest BCUT2D eigenvalue weighted by Crippen LogP contribution is 2.21. The predicted octanol–water partition coefficient (Wildman–Crippen LogP) is 4.30. The first-order valence-electron chi connectivity index (χ1n) is 12.0. The molecule has 1 N–H and O–H groups in total. The summed E-state index contributed by atoms with van der Waals surface area (Å²) in [5.74, 6) is -0.769. The zero-order valence-corrected chi connectivity index (χ0v) is 23.6. The first-order chi connectivity index (χ1) is 17.6. The van der Waals surface area contributed by atoms with Crippen molar-refractivity contribution >= 4 is 43.5 Å². The van der Waals surface area contributed by atoms with Gasteiger partial charge in [-0.05, 0) is 49.2 Å². The Bertz CT molecular complexity index is 1310. The molecule has 3 aromatic rings. The number of aryl methyl sites for hydroxylation is 1. The number of nitrogens with zero attached hydrogens (tertiary/aromatic N) is 2. The largest absolute Gasteiger partial charge is 0.355 e. The average Bonchev–Trinajstić information content (AvgIpc) is 2.85. The molecular formula is C28H32BrN3O4S. The summed E-state index contributed by atoms with van der Waals surface area (Å²) in [6.07, 6.45) is 1.36. The van der Waals surface area contributed by atoms with Crippen molar-refractivity contribution < 1.29 is 18.0 Å². The number of hydrogen-bond donors (Lipinski definition) is 1. The van der Waals surface area contributed by atoms with Gasteiger partial charge in [-0.2, -0.15) is 0 Å². The molecule has 0 saturated carbocycles. The second-order valence-corrected chi connectivity index (χ2v) is 11.7. The van der Waals surface area contributed by atoms with Crippen molar-refractivity contribution in [2.24, 2.45) is 0 Å². The molecule has 0 bridgehead atoms. The Morgan fingerprint density at radius 2 is 1.59 bits per heavy atom. The number of carbonyl (C=O) groups excluding carboxylic acids is 2. The third-order valence-corrected chi connectivity index (χ3v) is 7.50. The summed E-state index contributed by atoms with van der Waals surface area (Å²) < 4.78 is 27.4. The van der Waals surface area contributed by atoms with E-state index < -0.39 is 28.5 Å². The lowest BCUT2D eigenvalue weighted by molar-refractivity contribution is -0.140. The number of amides is 2. The van der Waals surface area contributed by atoms with Crippen LogP contribution >= 0.6 is 15.9 Å². The summed E-state index contributed by atoms with van der Waals surface area (Å²) in [6, 6.07) is 23.1. The topological polar surface area (TPSA) is 86.8 Å². The summed E-state index contributed by atoms with van der Waals surface area (Å²) >= 11 is 3.47. The van der Waals surface area contributed by atoms with Crippen molar-refractivity contribution in [1.82, 2.24) is 10.2 Å².